The molecule has 8 heteroatoms. The van der Waals surface area contributed by atoms with Crippen molar-refractivity contribution in [3.63, 3.8) is 0 Å². The number of guanidine groups is 1. The topological polar surface area (TPSA) is 148 Å². The van der Waals surface area contributed by atoms with Crippen LogP contribution >= 0.6 is 0 Å². The van der Waals surface area contributed by atoms with E-state index >= 15 is 0 Å². The SMILES string of the molecule is C[C@@](CCCN=C(N)N)(C(N)=O)N(Cc1ccc(O)cc1)C(=O)C(c1ccccc1)c1ccccc1. The third-order valence-electron chi connectivity index (χ3n) is 6.30. The highest BCUT2D eigenvalue weighted by molar-refractivity contribution is 5.94. The maximum absolute atomic E-state index is 14.4. The van der Waals surface area contributed by atoms with Crippen LogP contribution in [0, 0.1) is 0 Å². The fraction of sp³-hybridized carbons (Fsp3) is 0.250. The second kappa shape index (κ2) is 11.9. The molecule has 1 atom stereocenters. The summed E-state index contributed by atoms with van der Waals surface area (Å²) in [5.74, 6) is -1.47. The first kappa shape index (κ1) is 26.3. The van der Waals surface area contributed by atoms with Gasteiger partial charge in [0, 0.05) is 13.1 Å². The van der Waals surface area contributed by atoms with Gasteiger partial charge in [-0.1, -0.05) is 72.8 Å². The number of carbonyl (C=O) groups excluding carboxylic acids is 2. The molecule has 0 aliphatic heterocycles. The van der Waals surface area contributed by atoms with Gasteiger partial charge in [0.25, 0.3) is 0 Å². The molecular weight excluding hydrogens is 454 g/mol. The molecule has 0 aliphatic carbocycles. The summed E-state index contributed by atoms with van der Waals surface area (Å²) in [6.07, 6.45) is 0.706. The minimum Gasteiger partial charge on any atom is -0.508 e. The molecule has 0 spiro atoms. The van der Waals surface area contributed by atoms with Crippen LogP contribution in [0.25, 0.3) is 0 Å². The molecule has 188 valence electrons. The van der Waals surface area contributed by atoms with Gasteiger partial charge in [-0.05, 0) is 48.6 Å². The van der Waals surface area contributed by atoms with Gasteiger partial charge in [-0.15, -0.1) is 0 Å². The molecule has 0 unspecified atom stereocenters. The average Bonchev–Trinajstić information content (AvgIpc) is 2.87. The van der Waals surface area contributed by atoms with Crippen molar-refractivity contribution >= 4 is 17.8 Å². The van der Waals surface area contributed by atoms with Crippen LogP contribution < -0.4 is 17.2 Å². The number of phenolic OH excluding ortho intramolecular Hbond substituents is 1. The van der Waals surface area contributed by atoms with E-state index in [2.05, 4.69) is 4.99 Å². The number of amides is 2. The van der Waals surface area contributed by atoms with Crippen LogP contribution in [0.2, 0.25) is 0 Å². The smallest absolute Gasteiger partial charge is 0.243 e. The van der Waals surface area contributed by atoms with E-state index in [0.717, 1.165) is 16.7 Å². The highest BCUT2D eigenvalue weighted by Gasteiger charge is 2.43. The summed E-state index contributed by atoms with van der Waals surface area (Å²) in [5, 5.41) is 9.73. The molecule has 0 aromatic heterocycles. The Labute approximate surface area is 211 Å². The highest BCUT2D eigenvalue weighted by atomic mass is 16.3. The first-order valence-electron chi connectivity index (χ1n) is 11.8. The van der Waals surface area contributed by atoms with Crippen molar-refractivity contribution in [1.29, 1.82) is 0 Å². The second-order valence-corrected chi connectivity index (χ2v) is 8.89. The van der Waals surface area contributed by atoms with Gasteiger partial charge in [0.2, 0.25) is 11.8 Å². The third kappa shape index (κ3) is 6.41. The van der Waals surface area contributed by atoms with Crippen LogP contribution in [0.4, 0.5) is 0 Å². The first-order valence-corrected chi connectivity index (χ1v) is 11.8. The normalized spacial score (nSPS) is 12.5. The molecule has 2 amide bonds. The van der Waals surface area contributed by atoms with Crippen LogP contribution in [0.5, 0.6) is 5.75 Å². The Morgan fingerprint density at radius 2 is 1.42 bits per heavy atom. The van der Waals surface area contributed by atoms with Crippen molar-refractivity contribution < 1.29 is 14.7 Å². The largest absolute Gasteiger partial charge is 0.508 e. The maximum Gasteiger partial charge on any atom is 0.243 e. The van der Waals surface area contributed by atoms with Gasteiger partial charge in [-0.25, -0.2) is 0 Å². The average molecular weight is 488 g/mol. The lowest BCUT2D eigenvalue weighted by atomic mass is 9.85. The predicted octanol–water partition coefficient (Wildman–Crippen LogP) is 2.85. The molecule has 0 saturated heterocycles. The summed E-state index contributed by atoms with van der Waals surface area (Å²) in [6.45, 7) is 2.10. The number of aliphatic imine (C=N–C) groups is 1. The van der Waals surface area contributed by atoms with E-state index in [1.165, 1.54) is 0 Å². The summed E-state index contributed by atoms with van der Waals surface area (Å²) in [4.78, 5) is 32.9. The molecule has 3 rings (SSSR count). The fourth-order valence-electron chi connectivity index (χ4n) is 4.23. The van der Waals surface area contributed by atoms with E-state index in [-0.39, 0.29) is 30.6 Å². The summed E-state index contributed by atoms with van der Waals surface area (Å²) in [6, 6.07) is 25.4. The van der Waals surface area contributed by atoms with Gasteiger partial charge in [0.05, 0.1) is 5.92 Å². The lowest BCUT2D eigenvalue weighted by molar-refractivity contribution is -0.147. The molecule has 3 aromatic rings. The van der Waals surface area contributed by atoms with Gasteiger partial charge in [-0.3, -0.25) is 14.6 Å². The predicted molar refractivity (Wildman–Crippen MR) is 141 cm³/mol. The van der Waals surface area contributed by atoms with Crippen LogP contribution in [0.3, 0.4) is 0 Å². The number of benzene rings is 3. The Morgan fingerprint density at radius 1 is 0.889 bits per heavy atom. The number of primary amides is 1. The van der Waals surface area contributed by atoms with Crippen LogP contribution in [-0.2, 0) is 16.1 Å². The molecular formula is C28H33N5O3. The van der Waals surface area contributed by atoms with E-state index in [0.29, 0.717) is 13.0 Å². The highest BCUT2D eigenvalue weighted by Crippen LogP contribution is 2.33. The van der Waals surface area contributed by atoms with Crippen molar-refractivity contribution in [1.82, 2.24) is 4.90 Å². The number of nitrogens with two attached hydrogens (primary N) is 3. The number of hydrogen-bond acceptors (Lipinski definition) is 4. The molecule has 7 N–H and O–H groups in total. The lowest BCUT2D eigenvalue weighted by Crippen LogP contribution is -2.58. The number of rotatable bonds is 11. The number of phenols is 1. The van der Waals surface area contributed by atoms with Crippen molar-refractivity contribution in [2.45, 2.75) is 37.8 Å². The molecule has 0 heterocycles. The first-order chi connectivity index (χ1) is 17.2. The van der Waals surface area contributed by atoms with E-state index in [1.54, 1.807) is 36.1 Å². The fourth-order valence-corrected chi connectivity index (χ4v) is 4.23. The molecule has 0 saturated carbocycles. The second-order valence-electron chi connectivity index (χ2n) is 8.89. The van der Waals surface area contributed by atoms with Crippen molar-refractivity contribution in [3.05, 3.63) is 102 Å². The minimum atomic E-state index is -1.32. The molecule has 0 radical (unpaired) electrons. The minimum absolute atomic E-state index is 0.0407. The van der Waals surface area contributed by atoms with Crippen LogP contribution in [0.15, 0.2) is 89.9 Å². The molecule has 0 bridgehead atoms. The number of aromatic hydroxyl groups is 1. The number of carbonyl (C=O) groups is 2. The van der Waals surface area contributed by atoms with Gasteiger partial charge in [0.15, 0.2) is 5.96 Å². The molecule has 3 aromatic carbocycles. The maximum atomic E-state index is 14.4. The quantitative estimate of drug-likeness (QED) is 0.186. The van der Waals surface area contributed by atoms with Gasteiger partial charge in [-0.2, -0.15) is 0 Å². The van der Waals surface area contributed by atoms with Gasteiger partial charge >= 0.3 is 0 Å². The molecule has 36 heavy (non-hydrogen) atoms. The van der Waals surface area contributed by atoms with Gasteiger partial charge in [0.1, 0.15) is 11.3 Å². The molecule has 0 fully saturated rings. The summed E-state index contributed by atoms with van der Waals surface area (Å²) < 4.78 is 0. The Morgan fingerprint density at radius 3 is 1.89 bits per heavy atom. The zero-order valence-electron chi connectivity index (χ0n) is 20.4. The van der Waals surface area contributed by atoms with E-state index in [4.69, 9.17) is 17.2 Å². The summed E-state index contributed by atoms with van der Waals surface area (Å²) in [5.41, 5.74) is 17.9. The van der Waals surface area contributed by atoms with Crippen molar-refractivity contribution in [2.24, 2.45) is 22.2 Å². The zero-order chi connectivity index (χ0) is 26.1. The zero-order valence-corrected chi connectivity index (χ0v) is 20.4. The van der Waals surface area contributed by atoms with Gasteiger partial charge < -0.3 is 27.2 Å². The lowest BCUT2D eigenvalue weighted by Gasteiger charge is -2.41. The Hall–Kier alpha value is -4.33. The number of nitrogens with zero attached hydrogens (tertiary/aromatic N) is 2. The van der Waals surface area contributed by atoms with Crippen molar-refractivity contribution in [3.8, 4) is 5.75 Å². The van der Waals surface area contributed by atoms with E-state index in [9.17, 15) is 14.7 Å². The van der Waals surface area contributed by atoms with Crippen LogP contribution in [0.1, 0.15) is 42.4 Å². The summed E-state index contributed by atoms with van der Waals surface area (Å²) >= 11 is 0. The molecule has 8 nitrogen and oxygen atoms in total. The molecule has 0 aliphatic rings. The monoisotopic (exact) mass is 487 g/mol. The summed E-state index contributed by atoms with van der Waals surface area (Å²) in [7, 11) is 0. The van der Waals surface area contributed by atoms with Crippen molar-refractivity contribution in [2.75, 3.05) is 6.54 Å². The third-order valence-corrected chi connectivity index (χ3v) is 6.30. The Kier molecular flexibility index (Phi) is 8.67. The van der Waals surface area contributed by atoms with E-state index < -0.39 is 17.4 Å². The standard InChI is InChI=1S/C28H33N5O3/c1-28(26(29)36,17-8-18-32-27(30)31)33(19-20-13-15-23(34)16-14-20)25(35)24(21-9-4-2-5-10-21)22-11-6-3-7-12-22/h2-7,9-16,24,34H,8,17-19H2,1H3,(H2,29,36)(H4,30,31,32)/t28-/m1/s1. The van der Waals surface area contributed by atoms with Crippen LogP contribution in [-0.4, -0.2) is 39.9 Å². The van der Waals surface area contributed by atoms with E-state index in [1.807, 2.05) is 60.7 Å². The Bertz CT molecular complexity index is 1140. The Balaban J connectivity index is 2.08. The number of hydrogen-bond donors (Lipinski definition) is 4.